The van der Waals surface area contributed by atoms with Crippen LogP contribution in [0.5, 0.6) is 0 Å². The Morgan fingerprint density at radius 3 is 0.785 bits per heavy atom. The van der Waals surface area contributed by atoms with Crippen LogP contribution in [-0.2, 0) is 6.18 Å². The standard InChI is InChI=1S/4C17H22ClN5OS.C17H19F3N4S.C16H20ClN5OS/c3*1-3-17(2)5-7-23(10-12(17)24)13-8-22-14(9-21-13)25-11-4-6-20-16(19)15(11)18;1-2-17(11-24)4-7-23(8-5-17)13-9-22-14(10-21-13)25-12-3-6-20-16(19)15(12)18;1-16(2)5-8-24(9-6-16)13-10-23-14(11-22-13)25-12-4-3-7-21-15(12)17(18,19)20;1-16(10-23)3-6-22(7-4-16)12-8-21-13(9-20-12)24-11-2-5-19-15(18)14(11)17/h3*4,6,8-9,12,24H,3,5,7,10H2,1-2H3,(H2,19,20);3,6,9-10,24H,2,4-5,7-8,11H2,1H3,(H2,19,20);3-4,7,10-11H,5-6,8-9H2,1-2H3;2,5,8-9,23H,3-4,6-7,10H2,1H3,(H2,18,19)/t12-,17+;2*12-,17-;;;/m110.../s1. The first-order chi connectivity index (χ1) is 71.1. The van der Waals surface area contributed by atoms with Gasteiger partial charge in [-0.25, -0.2) is 84.7 Å². The maximum atomic E-state index is 13.0. The number of piperidine rings is 6. The molecule has 0 aromatic carbocycles. The number of halogens is 8. The van der Waals surface area contributed by atoms with Gasteiger partial charge in [0.1, 0.15) is 94.2 Å². The number of rotatable bonds is 24. The molecule has 0 radical (unpaired) electrons. The second kappa shape index (κ2) is 52.8. The smallest absolute Gasteiger partial charge is 0.396 e. The lowest BCUT2D eigenvalue weighted by atomic mass is 9.76. The molecule has 0 unspecified atom stereocenters. The molecule has 48 heteroatoms. The molecule has 0 bridgehead atoms. The number of aromatic nitrogens is 18. The van der Waals surface area contributed by atoms with Gasteiger partial charge < -0.3 is 83.6 Å². The first kappa shape index (κ1) is 116. The van der Waals surface area contributed by atoms with Crippen LogP contribution < -0.4 is 58.1 Å². The van der Waals surface area contributed by atoms with Crippen LogP contribution in [0.2, 0.25) is 25.1 Å². The largest absolute Gasteiger partial charge is 0.434 e. The molecule has 798 valence electrons. The number of hydrogen-bond donors (Lipinski definition) is 10. The number of pyridine rings is 6. The van der Waals surface area contributed by atoms with Crippen molar-refractivity contribution >= 4 is 193 Å². The number of hydrogen-bond acceptors (Lipinski definition) is 40. The van der Waals surface area contributed by atoms with Gasteiger partial charge >= 0.3 is 6.18 Å². The highest BCUT2D eigenvalue weighted by Gasteiger charge is 2.42. The minimum absolute atomic E-state index is 0.0161. The number of alkyl halides is 3. The maximum Gasteiger partial charge on any atom is 0.434 e. The monoisotopic (exact) mass is 2250 g/mol. The molecule has 0 spiro atoms. The van der Waals surface area contributed by atoms with Crippen molar-refractivity contribution in [2.75, 3.05) is 150 Å². The molecule has 0 amide bonds. The summed E-state index contributed by atoms with van der Waals surface area (Å²) in [5.74, 6) is 6.37. The second-order valence-corrected chi connectivity index (χ2v) is 47.3. The summed E-state index contributed by atoms with van der Waals surface area (Å²) in [5.41, 5.74) is 28.1. The predicted octanol–water partition coefficient (Wildman–Crippen LogP) is 20.5. The lowest BCUT2D eigenvalue weighted by molar-refractivity contribution is -0.143. The Labute approximate surface area is 917 Å². The normalized spacial score (nSPS) is 20.4. The number of β-amino-alcohol motifs (C(OH)–C–C–N with tert-alkyl or cyclic N) is 3. The van der Waals surface area contributed by atoms with E-state index in [4.69, 9.17) is 86.7 Å². The second-order valence-electron chi connectivity index (χ2n) is 39.0. The number of nitrogen functional groups attached to an aromatic ring is 5. The van der Waals surface area contributed by atoms with E-state index in [0.717, 1.165) is 245 Å². The minimum Gasteiger partial charge on any atom is -0.396 e. The van der Waals surface area contributed by atoms with E-state index in [1.807, 2.05) is 6.07 Å². The lowest BCUT2D eigenvalue weighted by Gasteiger charge is -2.43. The number of aliphatic hydroxyl groups is 5. The summed E-state index contributed by atoms with van der Waals surface area (Å²) in [6.07, 6.45) is 37.0. The van der Waals surface area contributed by atoms with Crippen molar-refractivity contribution in [2.45, 2.75) is 237 Å². The fraction of sp³-hybridized carbons (Fsp3) is 0.465. The molecule has 15 N–H and O–H groups in total. The molecule has 12 aromatic heterocycles. The van der Waals surface area contributed by atoms with Gasteiger partial charge in [0, 0.05) is 158 Å². The molecule has 0 saturated carbocycles. The van der Waals surface area contributed by atoms with E-state index in [2.05, 4.69) is 188 Å². The fourth-order valence-electron chi connectivity index (χ4n) is 16.8. The van der Waals surface area contributed by atoms with Crippen molar-refractivity contribution in [1.82, 2.24) is 89.7 Å². The summed E-state index contributed by atoms with van der Waals surface area (Å²) in [4.78, 5) is 93.6. The van der Waals surface area contributed by atoms with Gasteiger partial charge in [0.05, 0.1) is 118 Å². The molecular formula is C101H127Cl5F3N29O5S6. The van der Waals surface area contributed by atoms with Gasteiger partial charge in [0.25, 0.3) is 0 Å². The van der Waals surface area contributed by atoms with E-state index in [0.29, 0.717) is 84.3 Å². The Balaban J connectivity index is 0.000000149. The topological polar surface area (TPSA) is 483 Å². The Morgan fingerprint density at radius 1 is 0.309 bits per heavy atom. The molecule has 6 saturated heterocycles. The van der Waals surface area contributed by atoms with Crippen LogP contribution in [0.3, 0.4) is 0 Å². The van der Waals surface area contributed by atoms with E-state index in [1.54, 1.807) is 123 Å². The quantitative estimate of drug-likeness (QED) is 0.0269. The van der Waals surface area contributed by atoms with Crippen LogP contribution in [0.4, 0.5) is 77.2 Å². The number of anilines is 11. The molecule has 6 aliphatic rings. The maximum absolute atomic E-state index is 13.0. The lowest BCUT2D eigenvalue weighted by Crippen LogP contribution is -2.49. The summed E-state index contributed by atoms with van der Waals surface area (Å²) in [6, 6.07) is 11.9. The molecule has 12 aromatic rings. The van der Waals surface area contributed by atoms with Crippen LogP contribution in [0.25, 0.3) is 0 Å². The Hall–Kier alpha value is -9.68. The van der Waals surface area contributed by atoms with Gasteiger partial charge in [-0.15, -0.1) is 0 Å². The zero-order valence-corrected chi connectivity index (χ0v) is 93.3. The van der Waals surface area contributed by atoms with Crippen molar-refractivity contribution in [3.8, 4) is 0 Å². The highest BCUT2D eigenvalue weighted by molar-refractivity contribution is 8.00. The Morgan fingerprint density at radius 2 is 0.557 bits per heavy atom. The summed E-state index contributed by atoms with van der Waals surface area (Å²) in [6.45, 7) is 31.8. The number of nitrogens with zero attached hydrogens (tertiary/aromatic N) is 24. The van der Waals surface area contributed by atoms with Crippen LogP contribution in [0.15, 0.2) is 214 Å². The van der Waals surface area contributed by atoms with Gasteiger partial charge in [-0.2, -0.15) is 13.2 Å². The molecule has 18 rings (SSSR count). The highest BCUT2D eigenvalue weighted by Crippen LogP contribution is 2.47. The molecule has 0 aliphatic carbocycles. The van der Waals surface area contributed by atoms with E-state index in [1.165, 1.54) is 77.1 Å². The van der Waals surface area contributed by atoms with Gasteiger partial charge in [0.15, 0.2) is 5.69 Å². The Kier molecular flexibility index (Phi) is 41.2. The fourth-order valence-corrected chi connectivity index (χ4v) is 22.6. The van der Waals surface area contributed by atoms with Gasteiger partial charge in [-0.3, -0.25) is 4.98 Å². The summed E-state index contributed by atoms with van der Waals surface area (Å²) >= 11 is 38.7. The van der Waals surface area contributed by atoms with Gasteiger partial charge in [-0.05, 0) is 158 Å². The SMILES string of the molecule is CC1(C)CCN(c2cnc(Sc3cccnc3C(F)(F)F)cn2)CC1.CC1(CO)CCN(c2cnc(Sc3ccnc(N)c3Cl)cn2)CC1.CCC1(CO)CCN(c2cnc(Sc3ccnc(N)c3Cl)cn2)CC1.CC[C@@]1(C)CCN(c2cnc(Sc3ccnc(N)c3Cl)cn2)C[C@@H]1O.CC[C@@]1(C)CCN(c2cnc(Sc3ccnc(N)c3Cl)cn2)C[C@H]1O.CC[C@]1(C)CCN(c2cnc(Sc3ccnc(N)c3Cl)cn2)C[C@H]1O. The van der Waals surface area contributed by atoms with Crippen molar-refractivity contribution in [2.24, 2.45) is 32.5 Å². The zero-order valence-electron chi connectivity index (χ0n) is 84.6. The average Bonchev–Trinajstić information content (AvgIpc) is 0.805. The number of aliphatic hydroxyl groups excluding tert-OH is 5. The molecule has 6 fully saturated rings. The summed E-state index contributed by atoms with van der Waals surface area (Å²) < 4.78 is 39.0. The van der Waals surface area contributed by atoms with Crippen molar-refractivity contribution in [1.29, 1.82) is 0 Å². The third kappa shape index (κ3) is 31.1. The number of nitrogens with two attached hydrogens (primary N) is 5. The highest BCUT2D eigenvalue weighted by atomic mass is 35.5. The molecule has 18 heterocycles. The first-order valence-electron chi connectivity index (χ1n) is 48.9. The van der Waals surface area contributed by atoms with E-state index >= 15 is 0 Å². The third-order valence-electron chi connectivity index (χ3n) is 28.6. The van der Waals surface area contributed by atoms with E-state index in [9.17, 15) is 38.7 Å². The van der Waals surface area contributed by atoms with Gasteiger partial charge in [-0.1, -0.05) is 198 Å². The van der Waals surface area contributed by atoms with Crippen LogP contribution in [0, 0.1) is 32.5 Å². The van der Waals surface area contributed by atoms with Crippen LogP contribution >= 0.6 is 129 Å². The van der Waals surface area contributed by atoms with Crippen molar-refractivity contribution in [3.05, 3.63) is 185 Å². The molecule has 6 aliphatic heterocycles. The third-order valence-corrected chi connectivity index (χ3v) is 37.0. The summed E-state index contributed by atoms with van der Waals surface area (Å²) in [5, 5.41) is 56.7. The van der Waals surface area contributed by atoms with Crippen LogP contribution in [0.1, 0.15) is 158 Å². The van der Waals surface area contributed by atoms with E-state index < -0.39 is 11.9 Å². The first-order valence-corrected chi connectivity index (χ1v) is 55.7. The Bertz CT molecular complexity index is 6020. The molecule has 6 atom stereocenters. The molecular weight excluding hydrogens is 2130 g/mol. The zero-order chi connectivity index (χ0) is 107. The van der Waals surface area contributed by atoms with Gasteiger partial charge in [0.2, 0.25) is 0 Å². The van der Waals surface area contributed by atoms with Crippen molar-refractivity contribution < 1.29 is 38.7 Å². The minimum atomic E-state index is -4.49. The summed E-state index contributed by atoms with van der Waals surface area (Å²) in [7, 11) is 0. The molecule has 149 heavy (non-hydrogen) atoms. The molecule has 34 nitrogen and oxygen atoms in total. The predicted molar refractivity (Wildman–Crippen MR) is 591 cm³/mol. The van der Waals surface area contributed by atoms with Crippen LogP contribution in [-0.4, -0.2) is 225 Å². The van der Waals surface area contributed by atoms with Crippen molar-refractivity contribution in [3.63, 3.8) is 0 Å². The van der Waals surface area contributed by atoms with E-state index in [-0.39, 0.29) is 63.5 Å². The average molecular weight is 2250 g/mol.